The van der Waals surface area contributed by atoms with Crippen LogP contribution < -0.4 is 0 Å². The summed E-state index contributed by atoms with van der Waals surface area (Å²) in [4.78, 5) is 3.74. The molecular formula is C42H25N5. The van der Waals surface area contributed by atoms with Crippen molar-refractivity contribution in [2.75, 3.05) is 0 Å². The molecule has 0 fully saturated rings. The van der Waals surface area contributed by atoms with Gasteiger partial charge in [-0.1, -0.05) is 62.4 Å². The molecule has 47 heavy (non-hydrogen) atoms. The Balaban J connectivity index is 1.36. The number of aromatic nitrogens is 2. The highest BCUT2D eigenvalue weighted by Gasteiger charge is 2.38. The molecule has 0 saturated carbocycles. The van der Waals surface area contributed by atoms with E-state index in [0.29, 0.717) is 16.8 Å². The smallest absolute Gasteiger partial charge is 0.187 e. The Morgan fingerprint density at radius 1 is 0.596 bits per heavy atom. The van der Waals surface area contributed by atoms with Gasteiger partial charge in [0.2, 0.25) is 0 Å². The van der Waals surface area contributed by atoms with Crippen LogP contribution >= 0.6 is 0 Å². The average Bonchev–Trinajstić information content (AvgIpc) is 3.70. The zero-order chi connectivity index (χ0) is 32.0. The van der Waals surface area contributed by atoms with E-state index in [2.05, 4.69) is 107 Å². The van der Waals surface area contributed by atoms with E-state index in [0.717, 1.165) is 44.3 Å². The molecule has 0 atom stereocenters. The molecule has 0 amide bonds. The summed E-state index contributed by atoms with van der Waals surface area (Å²) in [5.74, 6) is 0. The highest BCUT2D eigenvalue weighted by Crippen LogP contribution is 2.53. The molecule has 5 nitrogen and oxygen atoms in total. The summed E-state index contributed by atoms with van der Waals surface area (Å²) >= 11 is 0. The molecule has 0 N–H and O–H groups in total. The summed E-state index contributed by atoms with van der Waals surface area (Å²) in [6.45, 7) is 12.2. The molecule has 0 spiro atoms. The van der Waals surface area contributed by atoms with Gasteiger partial charge >= 0.3 is 0 Å². The second-order valence-corrected chi connectivity index (χ2v) is 12.7. The fourth-order valence-electron chi connectivity index (χ4n) is 7.90. The fraction of sp³-hybridized carbons (Fsp3) is 0.0714. The van der Waals surface area contributed by atoms with Crippen LogP contribution in [0.2, 0.25) is 0 Å². The van der Waals surface area contributed by atoms with Gasteiger partial charge in [-0.05, 0) is 89.0 Å². The van der Waals surface area contributed by atoms with Crippen molar-refractivity contribution >= 4 is 49.3 Å². The van der Waals surface area contributed by atoms with E-state index in [9.17, 15) is 10.5 Å². The first kappa shape index (κ1) is 26.8. The first-order valence-corrected chi connectivity index (χ1v) is 15.5. The van der Waals surface area contributed by atoms with Gasteiger partial charge in [0.25, 0.3) is 0 Å². The third-order valence-electron chi connectivity index (χ3n) is 9.93. The van der Waals surface area contributed by atoms with E-state index >= 15 is 0 Å². The van der Waals surface area contributed by atoms with Crippen LogP contribution in [0.1, 0.15) is 36.1 Å². The number of nitriles is 2. The number of para-hydroxylation sites is 1. The quantitative estimate of drug-likeness (QED) is 0.186. The number of rotatable bonds is 2. The van der Waals surface area contributed by atoms with E-state index < -0.39 is 0 Å². The van der Waals surface area contributed by atoms with Gasteiger partial charge in [0.15, 0.2) is 5.69 Å². The number of benzene rings is 6. The maximum atomic E-state index is 9.67. The van der Waals surface area contributed by atoms with E-state index in [-0.39, 0.29) is 5.41 Å². The van der Waals surface area contributed by atoms with E-state index in [1.165, 1.54) is 33.0 Å². The van der Waals surface area contributed by atoms with Gasteiger partial charge in [-0.25, -0.2) is 4.85 Å². The Kier molecular flexibility index (Phi) is 5.38. The Labute approximate surface area is 271 Å². The lowest BCUT2D eigenvalue weighted by Crippen LogP contribution is -2.16. The van der Waals surface area contributed by atoms with Crippen LogP contribution in [0.4, 0.5) is 5.69 Å². The molecule has 2 aromatic heterocycles. The predicted octanol–water partition coefficient (Wildman–Crippen LogP) is 10.5. The van der Waals surface area contributed by atoms with Crippen molar-refractivity contribution in [3.8, 4) is 34.6 Å². The maximum Gasteiger partial charge on any atom is 0.187 e. The Hall–Kier alpha value is -6.61. The zero-order valence-corrected chi connectivity index (χ0v) is 25.7. The van der Waals surface area contributed by atoms with Crippen molar-refractivity contribution in [1.82, 2.24) is 9.13 Å². The van der Waals surface area contributed by atoms with E-state index in [4.69, 9.17) is 6.57 Å². The Morgan fingerprint density at radius 2 is 1.26 bits per heavy atom. The topological polar surface area (TPSA) is 61.8 Å². The molecule has 9 rings (SSSR count). The van der Waals surface area contributed by atoms with Crippen molar-refractivity contribution < 1.29 is 0 Å². The van der Waals surface area contributed by atoms with Gasteiger partial charge in [0.05, 0.1) is 51.9 Å². The normalized spacial score (nSPS) is 13.0. The minimum atomic E-state index is -0.280. The summed E-state index contributed by atoms with van der Waals surface area (Å²) < 4.78 is 4.62. The van der Waals surface area contributed by atoms with Gasteiger partial charge < -0.3 is 9.13 Å². The summed E-state index contributed by atoms with van der Waals surface area (Å²) in [6.07, 6.45) is 0. The first-order valence-electron chi connectivity index (χ1n) is 15.5. The van der Waals surface area contributed by atoms with Crippen molar-refractivity contribution in [3.05, 3.63) is 149 Å². The molecule has 218 valence electrons. The van der Waals surface area contributed by atoms with Gasteiger partial charge in [0, 0.05) is 38.3 Å². The fourth-order valence-corrected chi connectivity index (χ4v) is 7.90. The highest BCUT2D eigenvalue weighted by atomic mass is 15.0. The molecule has 1 aliphatic carbocycles. The van der Waals surface area contributed by atoms with Crippen LogP contribution in [0.15, 0.2) is 115 Å². The van der Waals surface area contributed by atoms with Crippen LogP contribution in [0, 0.1) is 29.2 Å². The largest absolute Gasteiger partial charge is 0.309 e. The SMILES string of the molecule is [C-]#[N+]c1ccc2c(c1)-c1ccc3c4ccccc4n(-c4cccc(-n5c6ccc(C#N)cc6c6cc(C#N)ccc65)c4)c3c1C2(C)C. The third-order valence-corrected chi connectivity index (χ3v) is 9.93. The molecule has 0 bridgehead atoms. The minimum Gasteiger partial charge on any atom is -0.309 e. The Morgan fingerprint density at radius 3 is 1.94 bits per heavy atom. The van der Waals surface area contributed by atoms with Gasteiger partial charge in [-0.2, -0.15) is 10.5 Å². The monoisotopic (exact) mass is 599 g/mol. The third kappa shape index (κ3) is 3.56. The van der Waals surface area contributed by atoms with Crippen LogP contribution in [0.3, 0.4) is 0 Å². The predicted molar refractivity (Wildman–Crippen MR) is 188 cm³/mol. The number of hydrogen-bond acceptors (Lipinski definition) is 2. The summed E-state index contributed by atoms with van der Waals surface area (Å²) in [5, 5.41) is 23.6. The van der Waals surface area contributed by atoms with Crippen LogP contribution in [-0.2, 0) is 5.41 Å². The van der Waals surface area contributed by atoms with E-state index in [1.54, 1.807) is 0 Å². The second-order valence-electron chi connectivity index (χ2n) is 12.7. The summed E-state index contributed by atoms with van der Waals surface area (Å²) in [7, 11) is 0. The maximum absolute atomic E-state index is 9.67. The number of fused-ring (bicyclic) bond motifs is 10. The van der Waals surface area contributed by atoms with E-state index in [1.807, 2.05) is 48.5 Å². The molecule has 5 heteroatoms. The zero-order valence-electron chi connectivity index (χ0n) is 25.7. The minimum absolute atomic E-state index is 0.280. The Bertz CT molecular complexity index is 2730. The molecule has 6 aromatic carbocycles. The molecule has 0 unspecified atom stereocenters. The molecule has 0 aliphatic heterocycles. The molecule has 8 aromatic rings. The van der Waals surface area contributed by atoms with Crippen molar-refractivity contribution in [2.24, 2.45) is 0 Å². The van der Waals surface area contributed by atoms with Crippen molar-refractivity contribution in [2.45, 2.75) is 19.3 Å². The van der Waals surface area contributed by atoms with Gasteiger partial charge in [-0.3, -0.25) is 0 Å². The average molecular weight is 600 g/mol. The molecule has 0 radical (unpaired) electrons. The van der Waals surface area contributed by atoms with Crippen LogP contribution in [-0.4, -0.2) is 9.13 Å². The van der Waals surface area contributed by atoms with Crippen LogP contribution in [0.5, 0.6) is 0 Å². The molecular weight excluding hydrogens is 574 g/mol. The first-order chi connectivity index (χ1) is 22.9. The van der Waals surface area contributed by atoms with Crippen molar-refractivity contribution in [1.29, 1.82) is 10.5 Å². The lowest BCUT2D eigenvalue weighted by atomic mass is 9.81. The standard InChI is InChI=1S/C42H25N5/c1-42(2)36-16-13-27(45-3)21-33(36)31-14-15-32-30-9-4-5-10-37(30)47(41(32)40(31)42)29-8-6-7-28(22-29)46-38-17-11-25(23-43)19-34(38)35-20-26(24-44)12-18-39(35)46/h4-22H,1-2H3. The highest BCUT2D eigenvalue weighted by molar-refractivity contribution is 6.13. The summed E-state index contributed by atoms with van der Waals surface area (Å²) in [5.41, 5.74) is 12.6. The number of nitrogens with zero attached hydrogens (tertiary/aromatic N) is 5. The van der Waals surface area contributed by atoms with Crippen molar-refractivity contribution in [3.63, 3.8) is 0 Å². The van der Waals surface area contributed by atoms with Gasteiger partial charge in [0.1, 0.15) is 0 Å². The molecule has 2 heterocycles. The van der Waals surface area contributed by atoms with Gasteiger partial charge in [-0.15, -0.1) is 0 Å². The lowest BCUT2D eigenvalue weighted by Gasteiger charge is -2.24. The molecule has 0 saturated heterocycles. The molecule has 1 aliphatic rings. The summed E-state index contributed by atoms with van der Waals surface area (Å²) in [6, 6.07) is 43.8. The second kappa shape index (κ2) is 9.45. The van der Waals surface area contributed by atoms with Crippen LogP contribution in [0.25, 0.3) is 71.0 Å². The lowest BCUT2D eigenvalue weighted by molar-refractivity contribution is 0.664. The number of hydrogen-bond donors (Lipinski definition) is 0.